The first-order valence-electron chi connectivity index (χ1n) is 9.67. The van der Waals surface area contributed by atoms with E-state index in [0.717, 1.165) is 12.8 Å². The predicted octanol–water partition coefficient (Wildman–Crippen LogP) is 4.62. The van der Waals surface area contributed by atoms with Gasteiger partial charge in [0.2, 0.25) is 6.29 Å². The summed E-state index contributed by atoms with van der Waals surface area (Å²) in [6, 6.07) is 17.5. The molecule has 1 fully saturated rings. The smallest absolute Gasteiger partial charge is 0.340 e. The van der Waals surface area contributed by atoms with Crippen LogP contribution in [0.15, 0.2) is 60.7 Å². The van der Waals surface area contributed by atoms with Crippen LogP contribution in [-0.4, -0.2) is 30.4 Å². The summed E-state index contributed by atoms with van der Waals surface area (Å²) in [5.74, 6) is -0.951. The van der Waals surface area contributed by atoms with Gasteiger partial charge in [0, 0.05) is 5.41 Å². The highest BCUT2D eigenvalue weighted by atomic mass is 16.7. The van der Waals surface area contributed by atoms with Gasteiger partial charge in [0.05, 0.1) is 17.2 Å². The fourth-order valence-electron chi connectivity index (χ4n) is 3.66. The van der Waals surface area contributed by atoms with Crippen molar-refractivity contribution in [3.8, 4) is 0 Å². The highest BCUT2D eigenvalue weighted by molar-refractivity contribution is 5.90. The van der Waals surface area contributed by atoms with Gasteiger partial charge in [-0.15, -0.1) is 0 Å². The molecular weight excluding hydrogens is 356 g/mol. The van der Waals surface area contributed by atoms with Crippen LogP contribution in [0.25, 0.3) is 0 Å². The normalized spacial score (nSPS) is 26.6. The maximum absolute atomic E-state index is 12.7. The molecule has 0 saturated carbocycles. The van der Waals surface area contributed by atoms with Crippen molar-refractivity contribution in [1.29, 1.82) is 0 Å². The minimum atomic E-state index is -0.949. The van der Waals surface area contributed by atoms with Crippen LogP contribution in [-0.2, 0) is 14.2 Å². The third kappa shape index (κ3) is 3.94. The number of esters is 2. The Labute approximate surface area is 165 Å². The number of ether oxygens (including phenoxy) is 3. The average Bonchev–Trinajstić information content (AvgIpc) is 3.00. The molecule has 0 bridgehead atoms. The summed E-state index contributed by atoms with van der Waals surface area (Å²) >= 11 is 0. The Morgan fingerprint density at radius 2 is 1.39 bits per heavy atom. The van der Waals surface area contributed by atoms with E-state index in [1.165, 1.54) is 0 Å². The van der Waals surface area contributed by atoms with E-state index in [9.17, 15) is 9.59 Å². The summed E-state index contributed by atoms with van der Waals surface area (Å²) < 4.78 is 17.5. The molecule has 2 aromatic rings. The Balaban J connectivity index is 1.84. The highest BCUT2D eigenvalue weighted by Gasteiger charge is 2.55. The molecule has 148 valence electrons. The molecule has 0 amide bonds. The third-order valence-electron chi connectivity index (χ3n) is 5.54. The SMILES string of the molecule is CCC1OC(OC(=O)c2ccccc2)C(OC(=O)c2ccccc2)C1(C)CC. The van der Waals surface area contributed by atoms with Crippen molar-refractivity contribution in [2.24, 2.45) is 5.41 Å². The third-order valence-corrected chi connectivity index (χ3v) is 5.54. The fourth-order valence-corrected chi connectivity index (χ4v) is 3.66. The lowest BCUT2D eigenvalue weighted by Crippen LogP contribution is -2.42. The minimum absolute atomic E-state index is 0.181. The zero-order valence-corrected chi connectivity index (χ0v) is 16.5. The van der Waals surface area contributed by atoms with Crippen LogP contribution in [0, 0.1) is 5.41 Å². The lowest BCUT2D eigenvalue weighted by Gasteiger charge is -2.33. The maximum Gasteiger partial charge on any atom is 0.340 e. The Morgan fingerprint density at radius 3 is 1.86 bits per heavy atom. The largest absolute Gasteiger partial charge is 0.451 e. The summed E-state index contributed by atoms with van der Waals surface area (Å²) in [6.45, 7) is 6.05. The Morgan fingerprint density at radius 1 is 0.893 bits per heavy atom. The Hall–Kier alpha value is -2.66. The van der Waals surface area contributed by atoms with Crippen LogP contribution in [0.4, 0.5) is 0 Å². The monoisotopic (exact) mass is 382 g/mol. The lowest BCUT2D eigenvalue weighted by atomic mass is 9.77. The van der Waals surface area contributed by atoms with Crippen molar-refractivity contribution in [3.63, 3.8) is 0 Å². The number of hydrogen-bond donors (Lipinski definition) is 0. The van der Waals surface area contributed by atoms with E-state index in [-0.39, 0.29) is 6.10 Å². The summed E-state index contributed by atoms with van der Waals surface area (Å²) in [6.07, 6.45) is -0.376. The molecule has 1 heterocycles. The zero-order valence-electron chi connectivity index (χ0n) is 16.5. The second-order valence-corrected chi connectivity index (χ2v) is 7.22. The molecule has 0 aliphatic carbocycles. The van der Waals surface area contributed by atoms with Crippen molar-refractivity contribution in [3.05, 3.63) is 71.8 Å². The number of rotatable bonds is 6. The minimum Gasteiger partial charge on any atom is -0.451 e. The van der Waals surface area contributed by atoms with Crippen LogP contribution in [0.5, 0.6) is 0 Å². The molecule has 2 aromatic carbocycles. The highest BCUT2D eigenvalue weighted by Crippen LogP contribution is 2.45. The summed E-state index contributed by atoms with van der Waals surface area (Å²) in [7, 11) is 0. The standard InChI is InChI=1S/C23H26O5/c1-4-18-23(3,5-2)19(27-20(24)16-12-8-6-9-13-16)22(26-18)28-21(25)17-14-10-7-11-15-17/h6-15,18-19,22H,4-5H2,1-3H3. The first kappa shape index (κ1) is 20.1. The van der Waals surface area contributed by atoms with E-state index in [2.05, 4.69) is 0 Å². The van der Waals surface area contributed by atoms with Gasteiger partial charge in [-0.1, -0.05) is 57.2 Å². The fraction of sp³-hybridized carbons (Fsp3) is 0.391. The first-order chi connectivity index (χ1) is 13.5. The van der Waals surface area contributed by atoms with Crippen molar-refractivity contribution in [2.45, 2.75) is 52.1 Å². The van der Waals surface area contributed by atoms with Gasteiger partial charge in [-0.25, -0.2) is 9.59 Å². The molecular formula is C23H26O5. The molecule has 0 N–H and O–H groups in total. The second kappa shape index (κ2) is 8.57. The molecule has 0 radical (unpaired) electrons. The molecule has 0 spiro atoms. The van der Waals surface area contributed by atoms with Crippen LogP contribution in [0.2, 0.25) is 0 Å². The van der Waals surface area contributed by atoms with Gasteiger partial charge >= 0.3 is 11.9 Å². The van der Waals surface area contributed by atoms with E-state index in [0.29, 0.717) is 11.1 Å². The summed E-state index contributed by atoms with van der Waals surface area (Å²) in [5, 5.41) is 0. The van der Waals surface area contributed by atoms with Gasteiger partial charge in [0.15, 0.2) is 6.10 Å². The summed E-state index contributed by atoms with van der Waals surface area (Å²) in [4.78, 5) is 25.2. The van der Waals surface area contributed by atoms with Crippen molar-refractivity contribution < 1.29 is 23.8 Å². The summed E-state index contributed by atoms with van der Waals surface area (Å²) in [5.41, 5.74) is 0.423. The van der Waals surface area contributed by atoms with Crippen molar-refractivity contribution in [1.82, 2.24) is 0 Å². The molecule has 1 aliphatic rings. The Kier molecular flexibility index (Phi) is 6.15. The zero-order chi connectivity index (χ0) is 20.1. The molecule has 4 atom stereocenters. The quantitative estimate of drug-likeness (QED) is 0.682. The van der Waals surface area contributed by atoms with Crippen LogP contribution < -0.4 is 0 Å². The van der Waals surface area contributed by atoms with E-state index < -0.39 is 29.7 Å². The number of hydrogen-bond acceptors (Lipinski definition) is 5. The van der Waals surface area contributed by atoms with Crippen LogP contribution >= 0.6 is 0 Å². The topological polar surface area (TPSA) is 61.8 Å². The van der Waals surface area contributed by atoms with E-state index >= 15 is 0 Å². The molecule has 4 unspecified atom stereocenters. The van der Waals surface area contributed by atoms with Gasteiger partial charge in [-0.05, 0) is 37.1 Å². The maximum atomic E-state index is 12.7. The number of carbonyl (C=O) groups is 2. The van der Waals surface area contributed by atoms with Gasteiger partial charge in [-0.3, -0.25) is 0 Å². The van der Waals surface area contributed by atoms with E-state index in [1.807, 2.05) is 32.9 Å². The van der Waals surface area contributed by atoms with Crippen LogP contribution in [0.3, 0.4) is 0 Å². The molecule has 5 heteroatoms. The molecule has 0 aromatic heterocycles. The van der Waals surface area contributed by atoms with E-state index in [4.69, 9.17) is 14.2 Å². The average molecular weight is 382 g/mol. The van der Waals surface area contributed by atoms with Gasteiger partial charge < -0.3 is 14.2 Å². The molecule has 1 aliphatic heterocycles. The van der Waals surface area contributed by atoms with Gasteiger partial charge in [0.1, 0.15) is 0 Å². The Bertz CT molecular complexity index is 804. The number of benzene rings is 2. The first-order valence-corrected chi connectivity index (χ1v) is 9.67. The number of carbonyl (C=O) groups excluding carboxylic acids is 2. The van der Waals surface area contributed by atoms with E-state index in [1.54, 1.807) is 48.5 Å². The predicted molar refractivity (Wildman–Crippen MR) is 105 cm³/mol. The molecule has 1 saturated heterocycles. The molecule has 28 heavy (non-hydrogen) atoms. The molecule has 3 rings (SSSR count). The van der Waals surface area contributed by atoms with Crippen molar-refractivity contribution in [2.75, 3.05) is 0 Å². The van der Waals surface area contributed by atoms with Gasteiger partial charge in [0.25, 0.3) is 0 Å². The second-order valence-electron chi connectivity index (χ2n) is 7.22. The lowest BCUT2D eigenvalue weighted by molar-refractivity contribution is -0.136. The molecule has 5 nitrogen and oxygen atoms in total. The van der Waals surface area contributed by atoms with Crippen LogP contribution in [0.1, 0.15) is 54.3 Å². The van der Waals surface area contributed by atoms with Crippen molar-refractivity contribution >= 4 is 11.9 Å². The van der Waals surface area contributed by atoms with Gasteiger partial charge in [-0.2, -0.15) is 0 Å².